The van der Waals surface area contributed by atoms with Crippen LogP contribution in [0, 0.1) is 5.92 Å². The summed E-state index contributed by atoms with van der Waals surface area (Å²) in [6.45, 7) is 15.8. The second-order valence-electron chi connectivity index (χ2n) is 8.75. The van der Waals surface area contributed by atoms with Crippen LogP contribution < -0.4 is 0 Å². The molecule has 1 saturated heterocycles. The van der Waals surface area contributed by atoms with E-state index in [0.29, 0.717) is 0 Å². The van der Waals surface area contributed by atoms with Crippen LogP contribution in [0.5, 0.6) is 0 Å². The summed E-state index contributed by atoms with van der Waals surface area (Å²) in [5, 5.41) is 10.5. The van der Waals surface area contributed by atoms with Crippen molar-refractivity contribution in [3.8, 4) is 0 Å². The van der Waals surface area contributed by atoms with Crippen molar-refractivity contribution in [3.63, 3.8) is 0 Å². The normalized spacial score (nSPS) is 23.8. The van der Waals surface area contributed by atoms with Crippen molar-refractivity contribution in [2.45, 2.75) is 77.4 Å². The molecule has 0 saturated carbocycles. The van der Waals surface area contributed by atoms with Gasteiger partial charge in [-0.15, -0.1) is 0 Å². The fourth-order valence-corrected chi connectivity index (χ4v) is 4.38. The van der Waals surface area contributed by atoms with Crippen LogP contribution in [0.15, 0.2) is 0 Å². The van der Waals surface area contributed by atoms with Gasteiger partial charge >= 0.3 is 5.97 Å². The number of rotatable bonds is 6. The van der Waals surface area contributed by atoms with Crippen LogP contribution in [0.2, 0.25) is 18.1 Å². The standard InChI is InChI=1S/C17H33NO5Si/c1-11(23-24(8,9)16(2,3)4)13-14(17(5,6)21)18(15(13)20)10-12(19)22-7/h11,13-14,21H,10H2,1-9H3. The third-order valence-electron chi connectivity index (χ3n) is 5.29. The summed E-state index contributed by atoms with van der Waals surface area (Å²) in [5.74, 6) is -1.11. The highest BCUT2D eigenvalue weighted by Crippen LogP contribution is 2.42. The zero-order valence-corrected chi connectivity index (χ0v) is 17.5. The summed E-state index contributed by atoms with van der Waals surface area (Å²) in [7, 11) is -0.752. The predicted octanol–water partition coefficient (Wildman–Crippen LogP) is 2.17. The lowest BCUT2D eigenvalue weighted by atomic mass is 9.75. The molecule has 140 valence electrons. The zero-order valence-electron chi connectivity index (χ0n) is 16.5. The van der Waals surface area contributed by atoms with E-state index in [2.05, 4.69) is 38.6 Å². The third kappa shape index (κ3) is 4.18. The summed E-state index contributed by atoms with van der Waals surface area (Å²) in [6, 6.07) is -0.469. The van der Waals surface area contributed by atoms with Gasteiger partial charge in [0.05, 0.1) is 30.8 Å². The molecule has 1 N–H and O–H groups in total. The van der Waals surface area contributed by atoms with Gasteiger partial charge < -0.3 is 19.2 Å². The average molecular weight is 360 g/mol. The number of likely N-dealkylation sites (tertiary alicyclic amines) is 1. The summed E-state index contributed by atoms with van der Waals surface area (Å²) in [5.41, 5.74) is -1.13. The molecule has 0 aromatic carbocycles. The van der Waals surface area contributed by atoms with Gasteiger partial charge in [0.25, 0.3) is 0 Å². The van der Waals surface area contributed by atoms with E-state index in [1.54, 1.807) is 13.8 Å². The van der Waals surface area contributed by atoms with Gasteiger partial charge in [0, 0.05) is 0 Å². The Hall–Kier alpha value is -0.923. The molecule has 0 bridgehead atoms. The van der Waals surface area contributed by atoms with Crippen LogP contribution in [0.25, 0.3) is 0 Å². The first-order chi connectivity index (χ1) is 10.6. The molecule has 1 fully saturated rings. The molecular weight excluding hydrogens is 326 g/mol. The smallest absolute Gasteiger partial charge is 0.325 e. The Labute approximate surface area is 146 Å². The van der Waals surface area contributed by atoms with Crippen LogP contribution in [-0.2, 0) is 18.8 Å². The summed E-state index contributed by atoms with van der Waals surface area (Å²) < 4.78 is 11.0. The molecule has 1 amide bonds. The number of β-lactam (4-membered cyclic amide) rings is 1. The molecule has 7 heteroatoms. The lowest BCUT2D eigenvalue weighted by molar-refractivity contribution is -0.186. The Morgan fingerprint density at radius 1 is 1.29 bits per heavy atom. The van der Waals surface area contributed by atoms with E-state index >= 15 is 0 Å². The first-order valence-electron chi connectivity index (χ1n) is 8.41. The minimum absolute atomic E-state index is 0.0317. The first kappa shape index (κ1) is 21.1. The maximum Gasteiger partial charge on any atom is 0.325 e. The number of hydrogen-bond acceptors (Lipinski definition) is 5. The lowest BCUT2D eigenvalue weighted by Gasteiger charge is -2.54. The van der Waals surface area contributed by atoms with Crippen LogP contribution >= 0.6 is 0 Å². The van der Waals surface area contributed by atoms with Gasteiger partial charge in [-0.1, -0.05) is 20.8 Å². The van der Waals surface area contributed by atoms with E-state index in [-0.39, 0.29) is 23.6 Å². The maximum absolute atomic E-state index is 12.6. The molecule has 3 atom stereocenters. The van der Waals surface area contributed by atoms with Crippen molar-refractivity contribution in [2.24, 2.45) is 5.92 Å². The van der Waals surface area contributed by atoms with Gasteiger partial charge in [0.1, 0.15) is 6.54 Å². The highest BCUT2D eigenvalue weighted by Gasteiger charge is 2.57. The molecule has 0 spiro atoms. The highest BCUT2D eigenvalue weighted by molar-refractivity contribution is 6.74. The largest absolute Gasteiger partial charge is 0.468 e. The van der Waals surface area contributed by atoms with Gasteiger partial charge in [-0.25, -0.2) is 0 Å². The summed E-state index contributed by atoms with van der Waals surface area (Å²) in [4.78, 5) is 25.5. The molecule has 1 heterocycles. The van der Waals surface area contributed by atoms with Gasteiger partial charge in [0.15, 0.2) is 8.32 Å². The van der Waals surface area contributed by atoms with Crippen LogP contribution in [-0.4, -0.2) is 61.6 Å². The minimum Gasteiger partial charge on any atom is -0.468 e. The Morgan fingerprint density at radius 3 is 2.17 bits per heavy atom. The second-order valence-corrected chi connectivity index (χ2v) is 13.5. The maximum atomic E-state index is 12.6. The number of methoxy groups -OCH3 is 1. The second kappa shape index (κ2) is 6.76. The number of amides is 1. The van der Waals surface area contributed by atoms with Crippen LogP contribution in [0.4, 0.5) is 0 Å². The Balaban J connectivity index is 2.98. The average Bonchev–Trinajstić information content (AvgIpc) is 2.37. The lowest BCUT2D eigenvalue weighted by Crippen LogP contribution is -2.72. The molecule has 1 rings (SSSR count). The Bertz CT molecular complexity index is 492. The molecule has 1 aliphatic rings. The molecule has 24 heavy (non-hydrogen) atoms. The summed E-state index contributed by atoms with van der Waals surface area (Å²) >= 11 is 0. The van der Waals surface area contributed by atoms with Crippen LogP contribution in [0.1, 0.15) is 41.5 Å². The van der Waals surface area contributed by atoms with Crippen molar-refractivity contribution in [1.29, 1.82) is 0 Å². The topological polar surface area (TPSA) is 76.1 Å². The highest BCUT2D eigenvalue weighted by atomic mass is 28.4. The van der Waals surface area contributed by atoms with Gasteiger partial charge in [-0.05, 0) is 38.9 Å². The molecule has 0 aromatic heterocycles. The monoisotopic (exact) mass is 359 g/mol. The van der Waals surface area contributed by atoms with Gasteiger partial charge in [-0.3, -0.25) is 9.59 Å². The third-order valence-corrected chi connectivity index (χ3v) is 9.86. The number of nitrogens with zero attached hydrogens (tertiary/aromatic N) is 1. The number of aliphatic hydroxyl groups is 1. The van der Waals surface area contributed by atoms with Crippen molar-refractivity contribution >= 4 is 20.2 Å². The SMILES string of the molecule is COC(=O)CN1C(=O)C(C(C)O[Si](C)(C)C(C)(C)C)C1C(C)(C)O. The van der Waals surface area contributed by atoms with Crippen LogP contribution in [0.3, 0.4) is 0 Å². The quantitative estimate of drug-likeness (QED) is 0.447. The van der Waals surface area contributed by atoms with Crippen molar-refractivity contribution in [3.05, 3.63) is 0 Å². The predicted molar refractivity (Wildman–Crippen MR) is 95.0 cm³/mol. The first-order valence-corrected chi connectivity index (χ1v) is 11.3. The molecule has 0 aromatic rings. The number of esters is 1. The molecule has 0 aliphatic carbocycles. The number of hydrogen-bond donors (Lipinski definition) is 1. The van der Waals surface area contributed by atoms with Gasteiger partial charge in [-0.2, -0.15) is 0 Å². The molecule has 1 aliphatic heterocycles. The molecule has 3 unspecified atom stereocenters. The summed E-state index contributed by atoms with van der Waals surface area (Å²) in [6.07, 6.45) is -0.316. The fourth-order valence-electron chi connectivity index (χ4n) is 2.95. The molecular formula is C17H33NO5Si. The Morgan fingerprint density at radius 2 is 1.79 bits per heavy atom. The number of ether oxygens (including phenoxy) is 1. The Kier molecular flexibility index (Phi) is 5.95. The number of carbonyl (C=O) groups is 2. The van der Waals surface area contributed by atoms with Crippen molar-refractivity contribution in [2.75, 3.05) is 13.7 Å². The fraction of sp³-hybridized carbons (Fsp3) is 0.882. The van der Waals surface area contributed by atoms with E-state index in [0.717, 1.165) is 0 Å². The molecule has 6 nitrogen and oxygen atoms in total. The van der Waals surface area contributed by atoms with E-state index in [4.69, 9.17) is 4.43 Å². The van der Waals surface area contributed by atoms with Gasteiger partial charge in [0.2, 0.25) is 5.91 Å². The molecule has 0 radical (unpaired) electrons. The van der Waals surface area contributed by atoms with E-state index in [9.17, 15) is 14.7 Å². The minimum atomic E-state index is -2.04. The van der Waals surface area contributed by atoms with Crippen molar-refractivity contribution in [1.82, 2.24) is 4.90 Å². The van der Waals surface area contributed by atoms with E-state index in [1.165, 1.54) is 12.0 Å². The van der Waals surface area contributed by atoms with Crippen molar-refractivity contribution < 1.29 is 23.9 Å². The van der Waals surface area contributed by atoms with E-state index < -0.39 is 31.8 Å². The number of carbonyl (C=O) groups excluding carboxylic acids is 2. The van der Waals surface area contributed by atoms with E-state index in [1.807, 2.05) is 6.92 Å². The zero-order chi connectivity index (χ0) is 19.1.